The monoisotopic (exact) mass is 252 g/mol. The zero-order chi connectivity index (χ0) is 13.1. The van der Waals surface area contributed by atoms with Gasteiger partial charge in [-0.1, -0.05) is 42.5 Å². The van der Waals surface area contributed by atoms with E-state index in [0.717, 1.165) is 23.4 Å². The third kappa shape index (κ3) is 2.76. The number of benzene rings is 2. The van der Waals surface area contributed by atoms with Crippen molar-refractivity contribution in [1.29, 1.82) is 0 Å². The van der Waals surface area contributed by atoms with Crippen molar-refractivity contribution in [1.82, 2.24) is 0 Å². The van der Waals surface area contributed by atoms with E-state index in [9.17, 15) is 4.39 Å². The second-order valence-corrected chi connectivity index (χ2v) is 4.49. The van der Waals surface area contributed by atoms with Gasteiger partial charge < -0.3 is 0 Å². The van der Waals surface area contributed by atoms with Gasteiger partial charge in [-0.15, -0.1) is 0 Å². The van der Waals surface area contributed by atoms with Crippen molar-refractivity contribution < 1.29 is 4.39 Å². The zero-order valence-electron chi connectivity index (χ0n) is 10.3. The molecule has 1 aliphatic rings. The highest BCUT2D eigenvalue weighted by molar-refractivity contribution is 6.07. The van der Waals surface area contributed by atoms with Crippen molar-refractivity contribution in [2.45, 2.75) is 12.5 Å². The Labute approximate surface area is 111 Å². The van der Waals surface area contributed by atoms with Gasteiger partial charge in [-0.2, -0.15) is 0 Å². The van der Waals surface area contributed by atoms with Gasteiger partial charge in [0.25, 0.3) is 0 Å². The molecule has 0 N–H and O–H groups in total. The van der Waals surface area contributed by atoms with Gasteiger partial charge in [-0.25, -0.2) is 9.38 Å². The summed E-state index contributed by atoms with van der Waals surface area (Å²) in [5.41, 5.74) is 2.09. The van der Waals surface area contributed by atoms with Gasteiger partial charge in [0.1, 0.15) is 5.82 Å². The first-order chi connectivity index (χ1) is 9.31. The standard InChI is InChI=1S/C16H13FN2/c17-14-8-6-12(7-9-14)10-15-11-18-16(19-15)13-4-2-1-3-5-13/h1-9,11,15H,10H2. The molecule has 3 rings (SSSR count). The number of hydrogen-bond acceptors (Lipinski definition) is 2. The van der Waals surface area contributed by atoms with Crippen LogP contribution >= 0.6 is 0 Å². The van der Waals surface area contributed by atoms with E-state index in [2.05, 4.69) is 9.98 Å². The molecule has 0 saturated carbocycles. The molecular formula is C16H13FN2. The van der Waals surface area contributed by atoms with Gasteiger partial charge in [0.2, 0.25) is 0 Å². The van der Waals surface area contributed by atoms with Crippen LogP contribution in [0.25, 0.3) is 0 Å². The topological polar surface area (TPSA) is 24.7 Å². The van der Waals surface area contributed by atoms with Gasteiger partial charge in [0, 0.05) is 11.8 Å². The van der Waals surface area contributed by atoms with E-state index in [1.54, 1.807) is 12.1 Å². The lowest BCUT2D eigenvalue weighted by molar-refractivity contribution is 0.626. The fourth-order valence-electron chi connectivity index (χ4n) is 2.08. The normalized spacial score (nSPS) is 17.5. The van der Waals surface area contributed by atoms with Gasteiger partial charge in [-0.3, -0.25) is 4.99 Å². The lowest BCUT2D eigenvalue weighted by atomic mass is 10.1. The third-order valence-corrected chi connectivity index (χ3v) is 3.05. The van der Waals surface area contributed by atoms with Gasteiger partial charge in [0.05, 0.1) is 6.04 Å². The van der Waals surface area contributed by atoms with Crippen LogP contribution in [-0.2, 0) is 6.42 Å². The van der Waals surface area contributed by atoms with Crippen LogP contribution in [0, 0.1) is 5.82 Å². The molecule has 0 aromatic heterocycles. The molecular weight excluding hydrogens is 239 g/mol. The maximum absolute atomic E-state index is 12.8. The van der Waals surface area contributed by atoms with Gasteiger partial charge in [0.15, 0.2) is 5.84 Å². The van der Waals surface area contributed by atoms with Crippen LogP contribution in [0.15, 0.2) is 64.6 Å². The van der Waals surface area contributed by atoms with E-state index in [1.807, 2.05) is 36.5 Å². The van der Waals surface area contributed by atoms with Crippen molar-refractivity contribution >= 4 is 12.1 Å². The number of hydrogen-bond donors (Lipinski definition) is 0. The highest BCUT2D eigenvalue weighted by atomic mass is 19.1. The van der Waals surface area contributed by atoms with Gasteiger partial charge in [-0.05, 0) is 24.1 Å². The van der Waals surface area contributed by atoms with Crippen LogP contribution in [-0.4, -0.2) is 18.1 Å². The number of amidine groups is 1. The largest absolute Gasteiger partial charge is 0.257 e. The molecule has 94 valence electrons. The summed E-state index contributed by atoms with van der Waals surface area (Å²) in [5.74, 6) is 0.560. The van der Waals surface area contributed by atoms with Crippen LogP contribution in [0.3, 0.4) is 0 Å². The van der Waals surface area contributed by atoms with Crippen LogP contribution in [0.4, 0.5) is 4.39 Å². The lowest BCUT2D eigenvalue weighted by Gasteiger charge is -2.03. The summed E-state index contributed by atoms with van der Waals surface area (Å²) in [7, 11) is 0. The van der Waals surface area contributed by atoms with E-state index in [1.165, 1.54) is 12.1 Å². The second kappa shape index (κ2) is 5.14. The van der Waals surface area contributed by atoms with E-state index in [4.69, 9.17) is 0 Å². The average Bonchev–Trinajstić information content (AvgIpc) is 2.91. The molecule has 3 heteroatoms. The summed E-state index contributed by atoms with van der Waals surface area (Å²) < 4.78 is 12.8. The first-order valence-corrected chi connectivity index (χ1v) is 6.23. The first kappa shape index (κ1) is 11.8. The molecule has 19 heavy (non-hydrogen) atoms. The van der Waals surface area contributed by atoms with E-state index < -0.39 is 0 Å². The molecule has 1 heterocycles. The molecule has 0 radical (unpaired) electrons. The molecule has 1 atom stereocenters. The van der Waals surface area contributed by atoms with Crippen molar-refractivity contribution in [3.63, 3.8) is 0 Å². The molecule has 2 aromatic carbocycles. The highest BCUT2D eigenvalue weighted by Crippen LogP contribution is 2.13. The molecule has 0 spiro atoms. The Morgan fingerprint density at radius 1 is 0.947 bits per heavy atom. The third-order valence-electron chi connectivity index (χ3n) is 3.05. The van der Waals surface area contributed by atoms with Crippen molar-refractivity contribution in [2.24, 2.45) is 9.98 Å². The molecule has 1 unspecified atom stereocenters. The molecule has 0 bridgehead atoms. The second-order valence-electron chi connectivity index (χ2n) is 4.49. The minimum absolute atomic E-state index is 0.0423. The molecule has 0 fully saturated rings. The Hall–Kier alpha value is -2.29. The molecule has 0 aliphatic carbocycles. The minimum atomic E-state index is -0.211. The number of nitrogens with zero attached hydrogens (tertiary/aromatic N) is 2. The highest BCUT2D eigenvalue weighted by Gasteiger charge is 2.14. The van der Waals surface area contributed by atoms with E-state index in [0.29, 0.717) is 0 Å². The fraction of sp³-hybridized carbons (Fsp3) is 0.125. The summed E-state index contributed by atoms with van der Waals surface area (Å²) in [5, 5.41) is 0. The molecule has 2 nitrogen and oxygen atoms in total. The van der Waals surface area contributed by atoms with Crippen LogP contribution in [0.2, 0.25) is 0 Å². The zero-order valence-corrected chi connectivity index (χ0v) is 10.3. The SMILES string of the molecule is Fc1ccc(CC2C=NC(c3ccccc3)=N2)cc1. The Morgan fingerprint density at radius 3 is 2.42 bits per heavy atom. The van der Waals surface area contributed by atoms with E-state index >= 15 is 0 Å². The van der Waals surface area contributed by atoms with Gasteiger partial charge >= 0.3 is 0 Å². The quantitative estimate of drug-likeness (QED) is 0.801. The van der Waals surface area contributed by atoms with Crippen molar-refractivity contribution in [3.05, 3.63) is 71.5 Å². The molecule has 0 saturated heterocycles. The van der Waals surface area contributed by atoms with E-state index in [-0.39, 0.29) is 11.9 Å². The summed E-state index contributed by atoms with van der Waals surface area (Å²) in [6.07, 6.45) is 2.60. The smallest absolute Gasteiger partial charge is 0.154 e. The fourth-order valence-corrected chi connectivity index (χ4v) is 2.08. The van der Waals surface area contributed by atoms with Crippen LogP contribution < -0.4 is 0 Å². The number of aliphatic imine (C=N–C) groups is 2. The van der Waals surface area contributed by atoms with Crippen molar-refractivity contribution in [3.8, 4) is 0 Å². The first-order valence-electron chi connectivity index (χ1n) is 6.23. The summed E-state index contributed by atoms with van der Waals surface area (Å²) >= 11 is 0. The Balaban J connectivity index is 1.74. The van der Waals surface area contributed by atoms with Crippen molar-refractivity contribution in [2.75, 3.05) is 0 Å². The predicted molar refractivity (Wildman–Crippen MR) is 75.4 cm³/mol. The Bertz CT molecular complexity index is 615. The van der Waals surface area contributed by atoms with Crippen LogP contribution in [0.5, 0.6) is 0 Å². The number of halogens is 1. The summed E-state index contributed by atoms with van der Waals surface area (Å²) in [4.78, 5) is 8.93. The Morgan fingerprint density at radius 2 is 1.68 bits per heavy atom. The summed E-state index contributed by atoms with van der Waals surface area (Å²) in [6.45, 7) is 0. The maximum atomic E-state index is 12.8. The molecule has 0 amide bonds. The number of rotatable bonds is 3. The average molecular weight is 252 g/mol. The molecule has 1 aliphatic heterocycles. The predicted octanol–water partition coefficient (Wildman–Crippen LogP) is 3.27. The molecule has 2 aromatic rings. The maximum Gasteiger partial charge on any atom is 0.154 e. The Kier molecular flexibility index (Phi) is 3.19. The minimum Gasteiger partial charge on any atom is -0.257 e. The summed E-state index contributed by atoms with van der Waals surface area (Å²) in [6, 6.07) is 16.5. The van der Waals surface area contributed by atoms with Crippen LogP contribution in [0.1, 0.15) is 11.1 Å². The lowest BCUT2D eigenvalue weighted by Crippen LogP contribution is -2.07.